The standard InChI is InChI=1S/C30H46S2Si2/c1-9-11-13-15-17-25-23-29(31-27(25)19-21-33(3,4)5)30-24-26(18-16-14-12-10-2)28(32-30)20-22-34(6,7)8/h23-24H,9-18H2,1-8H3. The van der Waals surface area contributed by atoms with Crippen molar-refractivity contribution in [1.29, 1.82) is 0 Å². The third kappa shape index (κ3) is 10.7. The highest BCUT2D eigenvalue weighted by Gasteiger charge is 2.16. The number of unbranched alkanes of at least 4 members (excludes halogenated alkanes) is 6. The van der Waals surface area contributed by atoms with Crippen LogP contribution in [0.4, 0.5) is 0 Å². The van der Waals surface area contributed by atoms with Crippen LogP contribution in [-0.4, -0.2) is 16.1 Å². The molecule has 2 aromatic rings. The predicted molar refractivity (Wildman–Crippen MR) is 164 cm³/mol. The van der Waals surface area contributed by atoms with E-state index in [0.29, 0.717) is 0 Å². The van der Waals surface area contributed by atoms with Crippen LogP contribution in [0.5, 0.6) is 0 Å². The highest BCUT2D eigenvalue weighted by Crippen LogP contribution is 2.38. The molecule has 0 amide bonds. The summed E-state index contributed by atoms with van der Waals surface area (Å²) in [7, 11) is -2.80. The van der Waals surface area contributed by atoms with Crippen molar-refractivity contribution in [3.8, 4) is 32.7 Å². The van der Waals surface area contributed by atoms with Crippen molar-refractivity contribution in [1.82, 2.24) is 0 Å². The fourth-order valence-electron chi connectivity index (χ4n) is 3.66. The first kappa shape index (κ1) is 29.2. The fourth-order valence-corrected chi connectivity index (χ4v) is 7.04. The molecular formula is C30H46S2Si2. The quantitative estimate of drug-likeness (QED) is 0.155. The van der Waals surface area contributed by atoms with Gasteiger partial charge in [-0.15, -0.1) is 33.8 Å². The molecule has 0 bridgehead atoms. The lowest BCUT2D eigenvalue weighted by Crippen LogP contribution is -2.16. The molecule has 0 unspecified atom stereocenters. The Kier molecular flexibility index (Phi) is 11.9. The molecule has 0 saturated carbocycles. The minimum Gasteiger partial charge on any atom is -0.126 e. The van der Waals surface area contributed by atoms with E-state index in [1.165, 1.54) is 82.0 Å². The molecule has 34 heavy (non-hydrogen) atoms. The Morgan fingerprint density at radius 1 is 0.588 bits per heavy atom. The molecule has 0 saturated heterocycles. The predicted octanol–water partition coefficient (Wildman–Crippen LogP) is 10.2. The molecular weight excluding hydrogens is 481 g/mol. The van der Waals surface area contributed by atoms with E-state index in [1.54, 1.807) is 0 Å². The SMILES string of the molecule is CCCCCCc1cc(-c2cc(CCCCCC)c(C#C[Si](C)(C)C)s2)sc1C#C[Si](C)(C)C. The summed E-state index contributed by atoms with van der Waals surface area (Å²) in [5.41, 5.74) is 10.2. The van der Waals surface area contributed by atoms with Gasteiger partial charge in [-0.3, -0.25) is 0 Å². The molecule has 2 aromatic heterocycles. The van der Waals surface area contributed by atoms with Gasteiger partial charge in [-0.1, -0.05) is 103 Å². The summed E-state index contributed by atoms with van der Waals surface area (Å²) in [5, 5.41) is 0. The minimum absolute atomic E-state index is 1.16. The minimum atomic E-state index is -1.40. The van der Waals surface area contributed by atoms with E-state index in [9.17, 15) is 0 Å². The van der Waals surface area contributed by atoms with Crippen LogP contribution in [-0.2, 0) is 12.8 Å². The van der Waals surface area contributed by atoms with Crippen molar-refractivity contribution in [2.75, 3.05) is 0 Å². The Hall–Kier alpha value is -1.05. The molecule has 0 aliphatic rings. The number of aryl methyl sites for hydroxylation is 2. The molecule has 0 nitrogen and oxygen atoms in total. The average molecular weight is 527 g/mol. The van der Waals surface area contributed by atoms with Crippen molar-refractivity contribution >= 4 is 38.8 Å². The maximum absolute atomic E-state index is 3.62. The van der Waals surface area contributed by atoms with Crippen molar-refractivity contribution in [2.45, 2.75) is 117 Å². The van der Waals surface area contributed by atoms with Gasteiger partial charge in [0.05, 0.1) is 9.75 Å². The highest BCUT2D eigenvalue weighted by molar-refractivity contribution is 7.22. The van der Waals surface area contributed by atoms with Crippen molar-refractivity contribution in [3.63, 3.8) is 0 Å². The van der Waals surface area contributed by atoms with E-state index in [2.05, 4.69) is 88.2 Å². The second-order valence-electron chi connectivity index (χ2n) is 11.6. The van der Waals surface area contributed by atoms with Crippen molar-refractivity contribution in [3.05, 3.63) is 33.0 Å². The molecule has 0 N–H and O–H groups in total. The molecule has 2 heterocycles. The summed E-state index contributed by atoms with van der Waals surface area (Å²) < 4.78 is 0. The molecule has 0 atom stereocenters. The van der Waals surface area contributed by atoms with Crippen molar-refractivity contribution < 1.29 is 0 Å². The third-order valence-corrected chi connectivity index (χ3v) is 9.69. The van der Waals surface area contributed by atoms with Crippen molar-refractivity contribution in [2.24, 2.45) is 0 Å². The largest absolute Gasteiger partial charge is 0.129 e. The van der Waals surface area contributed by atoms with Crippen LogP contribution in [0.2, 0.25) is 39.3 Å². The van der Waals surface area contributed by atoms with Crippen LogP contribution in [0.25, 0.3) is 9.75 Å². The third-order valence-electron chi connectivity index (χ3n) is 5.56. The number of hydrogen-bond acceptors (Lipinski definition) is 2. The van der Waals surface area contributed by atoms with Crippen LogP contribution < -0.4 is 0 Å². The molecule has 0 aliphatic heterocycles. The maximum atomic E-state index is 3.62. The summed E-state index contributed by atoms with van der Waals surface area (Å²) in [6.45, 7) is 18.6. The normalized spacial score (nSPS) is 11.6. The molecule has 4 heteroatoms. The van der Waals surface area contributed by atoms with Gasteiger partial charge in [0.15, 0.2) is 0 Å². The maximum Gasteiger partial charge on any atom is 0.129 e. The second-order valence-corrected chi connectivity index (χ2v) is 23.2. The summed E-state index contributed by atoms with van der Waals surface area (Å²) in [4.78, 5) is 5.40. The van der Waals surface area contributed by atoms with Gasteiger partial charge in [-0.2, -0.15) is 0 Å². The number of hydrogen-bond donors (Lipinski definition) is 0. The Balaban J connectivity index is 2.40. The molecule has 2 rings (SSSR count). The van der Waals surface area contributed by atoms with Gasteiger partial charge in [-0.05, 0) is 48.9 Å². The van der Waals surface area contributed by atoms with Gasteiger partial charge in [0.2, 0.25) is 0 Å². The van der Waals surface area contributed by atoms with Gasteiger partial charge in [0.25, 0.3) is 0 Å². The monoisotopic (exact) mass is 526 g/mol. The molecule has 0 aromatic carbocycles. The van der Waals surface area contributed by atoms with E-state index in [1.807, 2.05) is 22.7 Å². The first-order valence-corrected chi connectivity index (χ1v) is 22.0. The first-order chi connectivity index (χ1) is 16.0. The molecule has 0 spiro atoms. The molecule has 0 fully saturated rings. The Bertz CT molecular complexity index is 936. The van der Waals surface area contributed by atoms with Gasteiger partial charge in [0, 0.05) is 9.75 Å². The zero-order chi connectivity index (χ0) is 25.2. The molecule has 0 aliphatic carbocycles. The summed E-state index contributed by atoms with van der Waals surface area (Å²) in [5.74, 6) is 7.22. The summed E-state index contributed by atoms with van der Waals surface area (Å²) in [6.07, 6.45) is 12.7. The molecule has 186 valence electrons. The average Bonchev–Trinajstić information content (AvgIpc) is 3.34. The van der Waals surface area contributed by atoms with Crippen LogP contribution >= 0.6 is 22.7 Å². The summed E-state index contributed by atoms with van der Waals surface area (Å²) >= 11 is 3.83. The topological polar surface area (TPSA) is 0 Å². The Morgan fingerprint density at radius 3 is 1.29 bits per heavy atom. The van der Waals surface area contributed by atoms with Gasteiger partial charge in [-0.25, -0.2) is 0 Å². The lowest BCUT2D eigenvalue weighted by Gasteiger charge is -2.03. The van der Waals surface area contributed by atoms with Gasteiger partial charge in [0.1, 0.15) is 16.1 Å². The number of thiophene rings is 2. The van der Waals surface area contributed by atoms with Crippen LogP contribution in [0.3, 0.4) is 0 Å². The van der Waals surface area contributed by atoms with Gasteiger partial charge < -0.3 is 0 Å². The highest BCUT2D eigenvalue weighted by atomic mass is 32.1. The van der Waals surface area contributed by atoms with Crippen LogP contribution in [0.1, 0.15) is 86.1 Å². The lowest BCUT2D eigenvalue weighted by molar-refractivity contribution is 0.667. The molecule has 0 radical (unpaired) electrons. The smallest absolute Gasteiger partial charge is 0.126 e. The van der Waals surface area contributed by atoms with Crippen LogP contribution in [0.15, 0.2) is 12.1 Å². The van der Waals surface area contributed by atoms with Gasteiger partial charge >= 0.3 is 0 Å². The zero-order valence-electron chi connectivity index (χ0n) is 23.0. The van der Waals surface area contributed by atoms with E-state index in [0.717, 1.165) is 12.8 Å². The van der Waals surface area contributed by atoms with E-state index >= 15 is 0 Å². The number of rotatable bonds is 11. The lowest BCUT2D eigenvalue weighted by atomic mass is 10.1. The summed E-state index contributed by atoms with van der Waals surface area (Å²) in [6, 6.07) is 4.90. The zero-order valence-corrected chi connectivity index (χ0v) is 26.7. The Labute approximate surface area is 221 Å². The van der Waals surface area contributed by atoms with E-state index in [4.69, 9.17) is 0 Å². The second kappa shape index (κ2) is 13.9. The van der Waals surface area contributed by atoms with E-state index < -0.39 is 16.1 Å². The first-order valence-electron chi connectivity index (χ1n) is 13.3. The van der Waals surface area contributed by atoms with E-state index in [-0.39, 0.29) is 0 Å². The fraction of sp³-hybridized carbons (Fsp3) is 0.600. The van der Waals surface area contributed by atoms with Crippen LogP contribution in [0, 0.1) is 22.9 Å². The Morgan fingerprint density at radius 2 is 0.971 bits per heavy atom.